The fraction of sp³-hybridized carbons (Fsp3) is 0.789. The first-order chi connectivity index (χ1) is 16.2. The van der Waals surface area contributed by atoms with E-state index in [1.807, 2.05) is 4.72 Å². The number of likely N-dealkylation sites (tertiary alicyclic amines) is 1. The van der Waals surface area contributed by atoms with Crippen LogP contribution >= 0.6 is 0 Å². The molecule has 12 nitrogen and oxygen atoms in total. The number of nitrogens with zero attached hydrogens (tertiary/aromatic N) is 1. The molecule has 35 heavy (non-hydrogen) atoms. The van der Waals surface area contributed by atoms with E-state index in [2.05, 4.69) is 20.1 Å². The van der Waals surface area contributed by atoms with Gasteiger partial charge in [-0.1, -0.05) is 0 Å². The van der Waals surface area contributed by atoms with Gasteiger partial charge in [0, 0.05) is 26.1 Å². The number of carbonyl (C=O) groups excluding carboxylic acids is 4. The minimum Gasteiger partial charge on any atom is -0.356 e. The molecule has 16 heteroatoms. The lowest BCUT2D eigenvalue weighted by atomic mass is 9.95. The molecule has 0 aromatic rings. The van der Waals surface area contributed by atoms with Gasteiger partial charge >= 0.3 is 6.36 Å². The highest BCUT2D eigenvalue weighted by Crippen LogP contribution is 2.54. The Hall–Kier alpha value is -2.30. The summed E-state index contributed by atoms with van der Waals surface area (Å²) < 4.78 is 68.2. The summed E-state index contributed by atoms with van der Waals surface area (Å²) in [4.78, 5) is 51.5. The Morgan fingerprint density at radius 2 is 1.97 bits per heavy atom. The normalized spacial score (nSPS) is 24.3. The second kappa shape index (κ2) is 10.4. The Bertz CT molecular complexity index is 970. The Morgan fingerprint density at radius 3 is 2.51 bits per heavy atom. The third kappa shape index (κ3) is 7.35. The van der Waals surface area contributed by atoms with E-state index in [4.69, 9.17) is 0 Å². The van der Waals surface area contributed by atoms with Crippen molar-refractivity contribution in [2.75, 3.05) is 33.3 Å². The van der Waals surface area contributed by atoms with Gasteiger partial charge in [0.15, 0.2) is 5.78 Å². The molecular weight excluding hydrogens is 499 g/mol. The standard InChI is InChI=1S/C19H28F3N5O7S/c1-23-35(32,33)25-8-15(29)27-10-18(3-4-18)7-13(27)17(31)26-12(6-11-2-5-24-16(11)30)14(28)9-34-19(20,21)22/h11-13,23,25H,2-10H2,1H3,(H,24,30)(H,26,31)/t11-,12-,13-/m0/s1. The smallest absolute Gasteiger partial charge is 0.356 e. The molecule has 3 amide bonds. The van der Waals surface area contributed by atoms with Gasteiger partial charge in [0.2, 0.25) is 17.7 Å². The molecular formula is C19H28F3N5O7S. The molecule has 1 spiro atoms. The van der Waals surface area contributed by atoms with Gasteiger partial charge in [-0.25, -0.2) is 4.72 Å². The second-order valence-corrected chi connectivity index (χ2v) is 10.7. The van der Waals surface area contributed by atoms with Gasteiger partial charge in [0.05, 0.1) is 12.6 Å². The van der Waals surface area contributed by atoms with Crippen LogP contribution in [0.15, 0.2) is 0 Å². The minimum absolute atomic E-state index is 0.214. The number of ketones is 1. The maximum atomic E-state index is 13.1. The maximum Gasteiger partial charge on any atom is 0.522 e. The Labute approximate surface area is 199 Å². The predicted octanol–water partition coefficient (Wildman–Crippen LogP) is -1.46. The van der Waals surface area contributed by atoms with E-state index >= 15 is 0 Å². The average molecular weight is 528 g/mol. The first kappa shape index (κ1) is 27.3. The van der Waals surface area contributed by atoms with E-state index in [0.717, 1.165) is 19.9 Å². The molecule has 3 rings (SSSR count). The van der Waals surface area contributed by atoms with Crippen LogP contribution in [0.1, 0.15) is 32.1 Å². The van der Waals surface area contributed by atoms with Crippen molar-refractivity contribution in [1.82, 2.24) is 25.0 Å². The molecule has 4 N–H and O–H groups in total. The highest BCUT2D eigenvalue weighted by atomic mass is 32.2. The summed E-state index contributed by atoms with van der Waals surface area (Å²) in [5, 5.41) is 4.98. The van der Waals surface area contributed by atoms with E-state index in [9.17, 15) is 40.8 Å². The van der Waals surface area contributed by atoms with Crippen LogP contribution in [0.4, 0.5) is 13.2 Å². The lowest BCUT2D eigenvalue weighted by molar-refractivity contribution is -0.321. The summed E-state index contributed by atoms with van der Waals surface area (Å²) in [7, 11) is -2.74. The molecule has 3 fully saturated rings. The van der Waals surface area contributed by atoms with Crippen molar-refractivity contribution < 1.29 is 45.5 Å². The van der Waals surface area contributed by atoms with Gasteiger partial charge in [-0.05, 0) is 37.5 Å². The van der Waals surface area contributed by atoms with Crippen molar-refractivity contribution in [2.45, 2.75) is 50.6 Å². The molecule has 2 heterocycles. The number of nitrogens with one attached hydrogen (secondary N) is 4. The largest absolute Gasteiger partial charge is 0.522 e. The number of hydrogen-bond acceptors (Lipinski definition) is 7. The number of amides is 3. The van der Waals surface area contributed by atoms with Gasteiger partial charge in [-0.15, -0.1) is 13.2 Å². The quantitative estimate of drug-likeness (QED) is 0.255. The number of halogens is 3. The van der Waals surface area contributed by atoms with E-state index in [1.165, 1.54) is 4.90 Å². The first-order valence-corrected chi connectivity index (χ1v) is 12.5. The fourth-order valence-corrected chi connectivity index (χ4v) is 4.83. The highest BCUT2D eigenvalue weighted by molar-refractivity contribution is 7.87. The molecule has 0 unspecified atom stereocenters. The van der Waals surface area contributed by atoms with Gasteiger partial charge in [0.25, 0.3) is 10.2 Å². The lowest BCUT2D eigenvalue weighted by Gasteiger charge is -2.27. The van der Waals surface area contributed by atoms with Crippen LogP contribution in [0.3, 0.4) is 0 Å². The summed E-state index contributed by atoms with van der Waals surface area (Å²) in [6.45, 7) is -1.39. The van der Waals surface area contributed by atoms with E-state index in [-0.39, 0.29) is 30.7 Å². The van der Waals surface area contributed by atoms with Crippen molar-refractivity contribution in [3.63, 3.8) is 0 Å². The summed E-state index contributed by atoms with van der Waals surface area (Å²) in [6.07, 6.45) is -3.14. The molecule has 2 saturated heterocycles. The number of carbonyl (C=O) groups is 4. The molecule has 1 aliphatic carbocycles. The molecule has 0 aromatic carbocycles. The zero-order chi connectivity index (χ0) is 26.0. The summed E-state index contributed by atoms with van der Waals surface area (Å²) >= 11 is 0. The minimum atomic E-state index is -5.05. The van der Waals surface area contributed by atoms with Crippen LogP contribution in [0.25, 0.3) is 0 Å². The number of alkyl halides is 3. The molecule has 0 aromatic heterocycles. The van der Waals surface area contributed by atoms with Crippen molar-refractivity contribution in [3.8, 4) is 0 Å². The average Bonchev–Trinajstić information content (AvgIpc) is 3.24. The van der Waals surface area contributed by atoms with Crippen LogP contribution < -0.4 is 20.1 Å². The van der Waals surface area contributed by atoms with Crippen molar-refractivity contribution >= 4 is 33.7 Å². The third-order valence-corrected chi connectivity index (χ3v) is 7.60. The van der Waals surface area contributed by atoms with Gasteiger partial charge in [-0.3, -0.25) is 23.9 Å². The third-order valence-electron chi connectivity index (χ3n) is 6.54. The number of ether oxygens (including phenoxy) is 1. The maximum absolute atomic E-state index is 13.1. The SMILES string of the molecule is CNS(=O)(=O)NCC(=O)N1CC2(CC2)C[C@H]1C(=O)N[C@@H](C[C@@H]1CCNC1=O)C(=O)COC(F)(F)F. The molecule has 3 aliphatic rings. The summed E-state index contributed by atoms with van der Waals surface area (Å²) in [5.41, 5.74) is -0.288. The second-order valence-electron chi connectivity index (χ2n) is 9.04. The van der Waals surface area contributed by atoms with Crippen molar-refractivity contribution in [3.05, 3.63) is 0 Å². The number of rotatable bonds is 11. The molecule has 0 bridgehead atoms. The van der Waals surface area contributed by atoms with E-state index in [0.29, 0.717) is 13.0 Å². The first-order valence-electron chi connectivity index (χ1n) is 11.0. The van der Waals surface area contributed by atoms with Gasteiger partial charge < -0.3 is 15.5 Å². The highest BCUT2D eigenvalue weighted by Gasteiger charge is 2.55. The Kier molecular flexibility index (Phi) is 8.08. The van der Waals surface area contributed by atoms with Crippen LogP contribution in [0.5, 0.6) is 0 Å². The van der Waals surface area contributed by atoms with Crippen LogP contribution in [-0.4, -0.2) is 88.6 Å². The van der Waals surface area contributed by atoms with Crippen molar-refractivity contribution in [1.29, 1.82) is 0 Å². The zero-order valence-corrected chi connectivity index (χ0v) is 19.8. The topological polar surface area (TPSA) is 163 Å². The van der Waals surface area contributed by atoms with Gasteiger partial charge in [-0.2, -0.15) is 13.1 Å². The summed E-state index contributed by atoms with van der Waals surface area (Å²) in [6, 6.07) is -2.48. The van der Waals surface area contributed by atoms with Crippen LogP contribution in [0.2, 0.25) is 0 Å². The monoisotopic (exact) mass is 527 g/mol. The fourth-order valence-electron chi connectivity index (χ4n) is 4.37. The Morgan fingerprint density at radius 1 is 1.29 bits per heavy atom. The molecule has 3 atom stereocenters. The predicted molar refractivity (Wildman–Crippen MR) is 112 cm³/mol. The van der Waals surface area contributed by atoms with Crippen LogP contribution in [-0.2, 0) is 34.1 Å². The van der Waals surface area contributed by atoms with Crippen LogP contribution in [0, 0.1) is 11.3 Å². The zero-order valence-electron chi connectivity index (χ0n) is 18.9. The molecule has 0 radical (unpaired) electrons. The molecule has 198 valence electrons. The van der Waals surface area contributed by atoms with E-state index in [1.54, 1.807) is 0 Å². The Balaban J connectivity index is 1.71. The molecule has 1 saturated carbocycles. The van der Waals surface area contributed by atoms with Crippen molar-refractivity contribution in [2.24, 2.45) is 11.3 Å². The lowest BCUT2D eigenvalue weighted by Crippen LogP contribution is -2.53. The number of Topliss-reactive ketones (excluding diaryl/α,β-unsaturated/α-hetero) is 1. The van der Waals surface area contributed by atoms with Gasteiger partial charge in [0.1, 0.15) is 12.6 Å². The number of hydrogen-bond donors (Lipinski definition) is 4. The van der Waals surface area contributed by atoms with E-state index < -0.39 is 65.3 Å². The molecule has 2 aliphatic heterocycles. The summed E-state index contributed by atoms with van der Waals surface area (Å²) in [5.74, 6) is -3.54.